The normalized spacial score (nSPS) is 11.6. The molecule has 0 unspecified atom stereocenters. The van der Waals surface area contributed by atoms with E-state index in [2.05, 4.69) is 10.3 Å². The highest BCUT2D eigenvalue weighted by atomic mass is 35.5. The van der Waals surface area contributed by atoms with Crippen LogP contribution in [-0.2, 0) is 21.1 Å². The third-order valence-corrected chi connectivity index (χ3v) is 6.17. The number of carbonyl (C=O) groups is 1. The first-order valence-corrected chi connectivity index (χ1v) is 10.2. The lowest BCUT2D eigenvalue weighted by Crippen LogP contribution is -2.28. The molecule has 1 N–H and O–H groups in total. The van der Waals surface area contributed by atoms with Crippen LogP contribution in [0.3, 0.4) is 0 Å². The summed E-state index contributed by atoms with van der Waals surface area (Å²) in [6.07, 6.45) is 4.13. The average Bonchev–Trinajstić information content (AvgIpc) is 3.04. The topological polar surface area (TPSA) is 80.5 Å². The van der Waals surface area contributed by atoms with Crippen molar-refractivity contribution in [1.29, 1.82) is 0 Å². The minimum atomic E-state index is -3.59. The van der Waals surface area contributed by atoms with Gasteiger partial charge in [-0.3, -0.25) is 4.79 Å². The third-order valence-electron chi connectivity index (χ3n) is 3.96. The van der Waals surface area contributed by atoms with Gasteiger partial charge in [-0.15, -0.1) is 0 Å². The van der Waals surface area contributed by atoms with E-state index in [1.807, 2.05) is 28.8 Å². The Kier molecular flexibility index (Phi) is 5.58. The molecule has 0 atom stereocenters. The smallest absolute Gasteiger partial charge is 0.221 e. The van der Waals surface area contributed by atoms with Crippen LogP contribution < -0.4 is 5.32 Å². The predicted octanol–water partition coefficient (Wildman–Crippen LogP) is 2.51. The van der Waals surface area contributed by atoms with Crippen LogP contribution in [0.5, 0.6) is 0 Å². The molecule has 1 aromatic carbocycles. The van der Waals surface area contributed by atoms with Gasteiger partial charge in [0.05, 0.1) is 27.4 Å². The largest absolute Gasteiger partial charge is 0.356 e. The van der Waals surface area contributed by atoms with E-state index in [1.54, 1.807) is 18.3 Å². The number of nitrogens with one attached hydrogen (secondary N) is 1. The molecule has 1 amide bonds. The fourth-order valence-corrected chi connectivity index (χ4v) is 4.43. The van der Waals surface area contributed by atoms with Gasteiger partial charge in [0.1, 0.15) is 5.82 Å². The summed E-state index contributed by atoms with van der Waals surface area (Å²) in [7, 11) is -3.59. The van der Waals surface area contributed by atoms with Gasteiger partial charge in [0, 0.05) is 25.6 Å². The van der Waals surface area contributed by atoms with E-state index >= 15 is 0 Å². The summed E-state index contributed by atoms with van der Waals surface area (Å²) in [5, 5.41) is 2.90. The Bertz CT molecular complexity index is 1030. The molecule has 0 aliphatic carbocycles. The maximum atomic E-state index is 12.3. The lowest BCUT2D eigenvalue weighted by atomic mass is 10.3. The van der Waals surface area contributed by atoms with E-state index in [1.165, 1.54) is 12.1 Å². The second kappa shape index (κ2) is 7.88. The van der Waals surface area contributed by atoms with Crippen LogP contribution in [0.25, 0.3) is 5.52 Å². The number of hydrogen-bond donors (Lipinski definition) is 1. The van der Waals surface area contributed by atoms with Gasteiger partial charge < -0.3 is 9.72 Å². The molecule has 8 heteroatoms. The third kappa shape index (κ3) is 4.23. The number of aromatic nitrogens is 2. The Morgan fingerprint density at radius 2 is 1.92 bits per heavy atom. The van der Waals surface area contributed by atoms with Crippen LogP contribution in [-0.4, -0.2) is 36.0 Å². The minimum absolute atomic E-state index is 0.0540. The van der Waals surface area contributed by atoms with Crippen molar-refractivity contribution in [2.24, 2.45) is 0 Å². The Labute approximate surface area is 156 Å². The number of rotatable bonds is 7. The molecule has 0 saturated carbocycles. The molecule has 0 aliphatic heterocycles. The van der Waals surface area contributed by atoms with Gasteiger partial charge in [0.25, 0.3) is 0 Å². The number of pyridine rings is 1. The highest BCUT2D eigenvalue weighted by molar-refractivity contribution is 7.91. The molecule has 0 aliphatic rings. The predicted molar refractivity (Wildman–Crippen MR) is 100 cm³/mol. The van der Waals surface area contributed by atoms with Crippen LogP contribution in [0.4, 0.5) is 0 Å². The molecular formula is C18H18ClN3O3S. The van der Waals surface area contributed by atoms with Crippen molar-refractivity contribution in [3.8, 4) is 0 Å². The number of fused-ring (bicyclic) bond motifs is 1. The van der Waals surface area contributed by atoms with Crippen LogP contribution >= 0.6 is 11.6 Å². The molecule has 0 radical (unpaired) electrons. The fourth-order valence-electron chi connectivity index (χ4n) is 2.62. The van der Waals surface area contributed by atoms with Gasteiger partial charge in [0.2, 0.25) is 5.91 Å². The van der Waals surface area contributed by atoms with E-state index in [4.69, 9.17) is 11.6 Å². The number of hydrogen-bond acceptors (Lipinski definition) is 4. The highest BCUT2D eigenvalue weighted by Crippen LogP contribution is 2.22. The van der Waals surface area contributed by atoms with Crippen molar-refractivity contribution < 1.29 is 13.2 Å². The summed E-state index contributed by atoms with van der Waals surface area (Å²) in [6.45, 7) is 0.388. The van der Waals surface area contributed by atoms with Gasteiger partial charge in [0.15, 0.2) is 9.84 Å². The van der Waals surface area contributed by atoms with Gasteiger partial charge in [-0.1, -0.05) is 29.8 Å². The van der Waals surface area contributed by atoms with Crippen molar-refractivity contribution >= 4 is 32.9 Å². The molecule has 0 fully saturated rings. The standard InChI is InChI=1S/C18H18ClN3O3S/c19-15-6-1-2-7-16(15)26(24,25)12-9-18(23)20-10-8-17-21-13-14-5-3-4-11-22(14)17/h1-7,11,13H,8-10,12H2,(H,20,23). The Morgan fingerprint density at radius 1 is 1.15 bits per heavy atom. The van der Waals surface area contributed by atoms with Crippen molar-refractivity contribution in [1.82, 2.24) is 14.7 Å². The van der Waals surface area contributed by atoms with Crippen LogP contribution in [0.2, 0.25) is 5.02 Å². The SMILES string of the molecule is O=C(CCS(=O)(=O)c1ccccc1Cl)NCCc1ncc2ccccn12. The van der Waals surface area contributed by atoms with Crippen LogP contribution in [0.15, 0.2) is 59.8 Å². The Hall–Kier alpha value is -2.38. The summed E-state index contributed by atoms with van der Waals surface area (Å²) >= 11 is 5.92. The number of halogens is 1. The maximum absolute atomic E-state index is 12.3. The van der Waals surface area contributed by atoms with Gasteiger partial charge in [-0.2, -0.15) is 0 Å². The molecular weight excluding hydrogens is 374 g/mol. The van der Waals surface area contributed by atoms with E-state index in [0.717, 1.165) is 11.3 Å². The number of benzene rings is 1. The number of carbonyl (C=O) groups excluding carboxylic acids is 1. The molecule has 2 aromatic heterocycles. The van der Waals surface area contributed by atoms with E-state index in [-0.39, 0.29) is 28.0 Å². The Morgan fingerprint density at radius 3 is 2.73 bits per heavy atom. The molecule has 2 heterocycles. The quantitative estimate of drug-likeness (QED) is 0.671. The maximum Gasteiger partial charge on any atom is 0.221 e. The molecule has 3 rings (SSSR count). The summed E-state index contributed by atoms with van der Waals surface area (Å²) in [5.41, 5.74) is 0.986. The number of amides is 1. The van der Waals surface area contributed by atoms with Crippen molar-refractivity contribution in [2.45, 2.75) is 17.7 Å². The summed E-state index contributed by atoms with van der Waals surface area (Å²) in [4.78, 5) is 16.3. The van der Waals surface area contributed by atoms with E-state index in [0.29, 0.717) is 13.0 Å². The molecule has 0 spiro atoms. The van der Waals surface area contributed by atoms with Gasteiger partial charge in [-0.25, -0.2) is 13.4 Å². The van der Waals surface area contributed by atoms with Crippen molar-refractivity contribution in [3.05, 3.63) is 65.7 Å². The zero-order valence-electron chi connectivity index (χ0n) is 13.9. The lowest BCUT2D eigenvalue weighted by Gasteiger charge is -2.07. The number of nitrogens with zero attached hydrogens (tertiary/aromatic N) is 2. The van der Waals surface area contributed by atoms with E-state index < -0.39 is 9.84 Å². The molecule has 3 aromatic rings. The molecule has 0 saturated heterocycles. The monoisotopic (exact) mass is 391 g/mol. The molecule has 26 heavy (non-hydrogen) atoms. The lowest BCUT2D eigenvalue weighted by molar-refractivity contribution is -0.120. The average molecular weight is 392 g/mol. The van der Waals surface area contributed by atoms with Crippen molar-refractivity contribution in [3.63, 3.8) is 0 Å². The van der Waals surface area contributed by atoms with Crippen LogP contribution in [0.1, 0.15) is 12.2 Å². The highest BCUT2D eigenvalue weighted by Gasteiger charge is 2.19. The second-order valence-electron chi connectivity index (χ2n) is 5.77. The van der Waals surface area contributed by atoms with E-state index in [9.17, 15) is 13.2 Å². The summed E-state index contributed by atoms with van der Waals surface area (Å²) in [5.74, 6) is 0.237. The minimum Gasteiger partial charge on any atom is -0.356 e. The summed E-state index contributed by atoms with van der Waals surface area (Å²) < 4.78 is 26.5. The Balaban J connectivity index is 1.51. The first kappa shape index (κ1) is 18.4. The summed E-state index contributed by atoms with van der Waals surface area (Å²) in [6, 6.07) is 12.0. The zero-order valence-corrected chi connectivity index (χ0v) is 15.5. The molecule has 0 bridgehead atoms. The van der Waals surface area contributed by atoms with Gasteiger partial charge >= 0.3 is 0 Å². The zero-order chi connectivity index (χ0) is 18.6. The first-order chi connectivity index (χ1) is 12.5. The molecule has 136 valence electrons. The first-order valence-electron chi connectivity index (χ1n) is 8.12. The fraction of sp³-hybridized carbons (Fsp3) is 0.222. The van der Waals surface area contributed by atoms with Crippen LogP contribution in [0, 0.1) is 0 Å². The number of sulfone groups is 1. The second-order valence-corrected chi connectivity index (χ2v) is 8.25. The van der Waals surface area contributed by atoms with Crippen molar-refractivity contribution in [2.75, 3.05) is 12.3 Å². The molecule has 6 nitrogen and oxygen atoms in total. The number of imidazole rings is 1. The van der Waals surface area contributed by atoms with Gasteiger partial charge in [-0.05, 0) is 24.3 Å².